The Balaban J connectivity index is 0.952. The molecule has 426 valence electrons. The van der Waals surface area contributed by atoms with E-state index >= 15 is 4.79 Å². The normalized spacial score (nSPS) is 33.3. The number of carbonyl (C=O) groups excluding carboxylic acids is 3. The number of cyclic esters (lactones) is 1. The van der Waals surface area contributed by atoms with Gasteiger partial charge in [0.05, 0.1) is 60.3 Å². The smallest absolute Gasteiger partial charge is 0.325 e. The molecular weight excluding hydrogens is 1020 g/mol. The van der Waals surface area contributed by atoms with E-state index in [1.54, 1.807) is 23.5 Å². The van der Waals surface area contributed by atoms with Crippen molar-refractivity contribution in [2.45, 2.75) is 204 Å². The summed E-state index contributed by atoms with van der Waals surface area (Å²) >= 11 is 1.55. The van der Waals surface area contributed by atoms with Crippen molar-refractivity contribution >= 4 is 40.0 Å². The second-order valence-electron chi connectivity index (χ2n) is 27.0. The topological polar surface area (TPSA) is 162 Å². The number of nitrogens with zero attached hydrogens (tertiary/aromatic N) is 6. The number of esters is 1. The number of likely N-dealkylation sites (tertiary alicyclic amines) is 2. The molecule has 7 saturated heterocycles. The number of hydrogen-bond acceptors (Lipinski definition) is 14. The number of piperidine rings is 1. The molecule has 15 rings (SSSR count). The lowest BCUT2D eigenvalue weighted by Crippen LogP contribution is -2.72. The first-order valence-corrected chi connectivity index (χ1v) is 30.9. The first-order chi connectivity index (χ1) is 37.9. The third-order valence-corrected chi connectivity index (χ3v) is 21.1. The molecule has 79 heavy (non-hydrogen) atoms. The van der Waals surface area contributed by atoms with Crippen LogP contribution in [0.3, 0.4) is 0 Å². The van der Waals surface area contributed by atoms with Crippen molar-refractivity contribution < 1.29 is 38.1 Å². The number of hydrazine groups is 1. The summed E-state index contributed by atoms with van der Waals surface area (Å²) in [6, 6.07) is 7.52. The SMILES string of the molecule is CO[C@@H](C)c1ncc(C2CCN(C3CC3)CC2)cc1-c1c2c3cc(ccc3n1CCO[C@H]1CCOC(C)(C)C1)-c1csc(n1)[C@@H](N1CCCC1)[C@H](NC(=O)C13CC(C)(C1)[C@H](C)O3)C(=O)N1N[C@H](C(=O)OCC(C)(C)C2)C2CC1C2. The Morgan fingerprint density at radius 2 is 1.75 bits per heavy atom. The molecule has 2 amide bonds. The molecule has 16 nitrogen and oxygen atoms in total. The molecule has 3 saturated carbocycles. The number of ether oxygens (including phenoxy) is 5. The zero-order chi connectivity index (χ0) is 54.8. The fourth-order valence-electron chi connectivity index (χ4n) is 15.3. The van der Waals surface area contributed by atoms with Gasteiger partial charge in [-0.2, -0.15) is 0 Å². The molecule has 3 aliphatic carbocycles. The highest BCUT2D eigenvalue weighted by molar-refractivity contribution is 7.10. The van der Waals surface area contributed by atoms with Crippen LogP contribution in [0.15, 0.2) is 35.8 Å². The predicted molar refractivity (Wildman–Crippen MR) is 302 cm³/mol. The second kappa shape index (κ2) is 20.5. The Hall–Kier alpha value is -4.33. The van der Waals surface area contributed by atoms with Crippen molar-refractivity contribution in [1.82, 2.24) is 40.1 Å². The van der Waals surface area contributed by atoms with Crippen LogP contribution >= 0.6 is 11.3 Å². The van der Waals surface area contributed by atoms with Gasteiger partial charge in [-0.05, 0) is 172 Å². The lowest BCUT2D eigenvalue weighted by Gasteiger charge is -2.53. The van der Waals surface area contributed by atoms with Gasteiger partial charge in [0.15, 0.2) is 0 Å². The number of hydrogen-bond donors (Lipinski definition) is 2. The summed E-state index contributed by atoms with van der Waals surface area (Å²) in [4.78, 5) is 60.9. The van der Waals surface area contributed by atoms with Gasteiger partial charge in [-0.3, -0.25) is 29.3 Å². The minimum Gasteiger partial charge on any atom is -0.464 e. The number of nitrogens with one attached hydrogen (secondary N) is 2. The summed E-state index contributed by atoms with van der Waals surface area (Å²) in [7, 11) is 1.76. The first kappa shape index (κ1) is 53.9. The zero-order valence-electron chi connectivity index (χ0n) is 47.9. The molecule has 0 radical (unpaired) electrons. The van der Waals surface area contributed by atoms with Crippen LogP contribution < -0.4 is 10.7 Å². The Bertz CT molecular complexity index is 2970. The maximum absolute atomic E-state index is 15.6. The molecular formula is C62H84N8O8S. The van der Waals surface area contributed by atoms with Gasteiger partial charge in [0.25, 0.3) is 11.8 Å². The summed E-state index contributed by atoms with van der Waals surface area (Å²) in [6.07, 6.45) is 13.5. The second-order valence-corrected chi connectivity index (χ2v) is 27.9. The Morgan fingerprint density at radius 1 is 0.975 bits per heavy atom. The number of carbonyl (C=O) groups is 3. The van der Waals surface area contributed by atoms with Crippen molar-refractivity contribution in [3.8, 4) is 22.5 Å². The van der Waals surface area contributed by atoms with Gasteiger partial charge in [0, 0.05) is 83.2 Å². The van der Waals surface area contributed by atoms with E-state index in [2.05, 4.69) is 102 Å². The Kier molecular flexibility index (Phi) is 14.0. The van der Waals surface area contributed by atoms with E-state index in [-0.39, 0.29) is 65.7 Å². The lowest BCUT2D eigenvalue weighted by molar-refractivity contribution is -0.172. The number of fused-ring (bicyclic) bond motifs is 5. The van der Waals surface area contributed by atoms with Crippen molar-refractivity contribution in [3.63, 3.8) is 0 Å². The third kappa shape index (κ3) is 9.99. The fourth-order valence-corrected chi connectivity index (χ4v) is 16.3. The summed E-state index contributed by atoms with van der Waals surface area (Å²) in [5, 5.41) is 9.00. The Labute approximate surface area is 470 Å². The summed E-state index contributed by atoms with van der Waals surface area (Å²) in [5.74, 6) is -0.461. The van der Waals surface area contributed by atoms with Crippen molar-refractivity contribution in [2.24, 2.45) is 16.7 Å². The first-order valence-electron chi connectivity index (χ1n) is 30.0. The standard InChI is InChI=1S/C62H84N8O8S/c1-36(74-8)50-46(28-41(31-63-50)38-15-20-67(21-16-38)42-12-13-42)53-47-30-59(3,4)35-76-57(72)51-40-25-43(26-40)70(66-51)56(71)52(65-58(73)62-33-61(7,34-62)37(2)78-62)54(68-18-9-10-19-68)55-64-48(32-79-55)39-11-14-49(45(47)27-39)69(53)22-24-75-44-17-23-77-60(5,6)29-44/h11,14,27-28,31-32,36-38,40,42-44,51-52,54,66H,9-10,12-13,15-26,29-30,33-35H2,1-8H3,(H,65,73)/t36-,37-,40?,43?,44-,51-,52-,54-,61?,62?/m0/s1. The molecule has 1 aromatic carbocycles. The number of pyridine rings is 1. The minimum absolute atomic E-state index is 0.0264. The molecule has 8 aliphatic heterocycles. The van der Waals surface area contributed by atoms with Crippen LogP contribution in [0.25, 0.3) is 33.4 Å². The van der Waals surface area contributed by atoms with Crippen LogP contribution in [-0.2, 0) is 51.0 Å². The van der Waals surface area contributed by atoms with Crippen molar-refractivity contribution in [3.05, 3.63) is 57.7 Å². The summed E-state index contributed by atoms with van der Waals surface area (Å²) < 4.78 is 34.5. The molecule has 10 bridgehead atoms. The molecule has 17 heteroatoms. The number of rotatable bonds is 12. The molecule has 2 N–H and O–H groups in total. The highest BCUT2D eigenvalue weighted by Gasteiger charge is 2.68. The number of methoxy groups -OCH3 is 1. The van der Waals surface area contributed by atoms with Crippen LogP contribution in [0.1, 0.15) is 165 Å². The molecule has 11 aliphatic rings. The number of benzene rings is 1. The van der Waals surface area contributed by atoms with E-state index in [4.69, 9.17) is 33.7 Å². The van der Waals surface area contributed by atoms with Gasteiger partial charge >= 0.3 is 5.97 Å². The average molecular weight is 1100 g/mol. The zero-order valence-corrected chi connectivity index (χ0v) is 48.8. The lowest BCUT2D eigenvalue weighted by atomic mass is 9.61. The van der Waals surface area contributed by atoms with Crippen LogP contribution in [0, 0.1) is 16.7 Å². The molecule has 10 fully saturated rings. The van der Waals surface area contributed by atoms with Gasteiger partial charge in [0.2, 0.25) is 0 Å². The molecule has 0 unspecified atom stereocenters. The highest BCUT2D eigenvalue weighted by atomic mass is 32.1. The van der Waals surface area contributed by atoms with Gasteiger partial charge < -0.3 is 38.5 Å². The van der Waals surface area contributed by atoms with Crippen LogP contribution in [0.5, 0.6) is 0 Å². The van der Waals surface area contributed by atoms with E-state index in [1.807, 2.05) is 6.92 Å². The van der Waals surface area contributed by atoms with E-state index < -0.39 is 29.1 Å². The maximum atomic E-state index is 15.6. The number of amides is 2. The number of aromatic nitrogens is 3. The van der Waals surface area contributed by atoms with E-state index in [9.17, 15) is 9.59 Å². The fraction of sp³-hybridized carbons (Fsp3) is 0.694. The minimum atomic E-state index is -0.997. The molecule has 0 spiro atoms. The third-order valence-electron chi connectivity index (χ3n) is 20.2. The highest BCUT2D eigenvalue weighted by Crippen LogP contribution is 2.61. The van der Waals surface area contributed by atoms with Crippen LogP contribution in [0.2, 0.25) is 0 Å². The van der Waals surface area contributed by atoms with E-state index in [0.29, 0.717) is 57.8 Å². The molecule has 4 aromatic rings. The Morgan fingerprint density at radius 3 is 2.46 bits per heavy atom. The van der Waals surface area contributed by atoms with Crippen molar-refractivity contribution in [2.75, 3.05) is 53.1 Å². The quantitative estimate of drug-likeness (QED) is 0.130. The summed E-state index contributed by atoms with van der Waals surface area (Å²) in [6.45, 7) is 20.7. The summed E-state index contributed by atoms with van der Waals surface area (Å²) in [5.41, 5.74) is 9.85. The largest absolute Gasteiger partial charge is 0.464 e. The van der Waals surface area contributed by atoms with Gasteiger partial charge in [-0.15, -0.1) is 11.3 Å². The predicted octanol–water partition coefficient (Wildman–Crippen LogP) is 9.05. The van der Waals surface area contributed by atoms with Gasteiger partial charge in [-0.1, -0.05) is 26.8 Å². The molecule has 11 heterocycles. The number of thiazole rings is 1. The average Bonchev–Trinajstić information content (AvgIpc) is 3.92. The van der Waals surface area contributed by atoms with E-state index in [1.165, 1.54) is 18.4 Å². The monoisotopic (exact) mass is 1100 g/mol. The van der Waals surface area contributed by atoms with Gasteiger partial charge in [-0.25, -0.2) is 10.4 Å². The van der Waals surface area contributed by atoms with Gasteiger partial charge in [0.1, 0.15) is 22.7 Å². The van der Waals surface area contributed by atoms with E-state index in [0.717, 1.165) is 120 Å². The van der Waals surface area contributed by atoms with Crippen LogP contribution in [0.4, 0.5) is 0 Å². The van der Waals surface area contributed by atoms with Crippen LogP contribution in [-0.4, -0.2) is 148 Å². The van der Waals surface area contributed by atoms with Crippen molar-refractivity contribution in [1.29, 1.82) is 0 Å². The molecule has 3 aromatic heterocycles. The maximum Gasteiger partial charge on any atom is 0.325 e. The molecule has 6 atom stereocenters.